The number of aliphatic hydroxyl groups excluding tert-OH is 1. The van der Waals surface area contributed by atoms with Gasteiger partial charge in [-0.25, -0.2) is 4.79 Å². The topological polar surface area (TPSA) is 79.2 Å². The maximum atomic E-state index is 12.4. The van der Waals surface area contributed by atoms with E-state index in [9.17, 15) is 9.90 Å². The zero-order valence-electron chi connectivity index (χ0n) is 13.6. The number of hydrogen-bond acceptors (Lipinski definition) is 3. The summed E-state index contributed by atoms with van der Waals surface area (Å²) in [5.74, 6) is 0. The summed E-state index contributed by atoms with van der Waals surface area (Å²) in [6, 6.07) is 11.0. The molecule has 1 heterocycles. The predicted molar refractivity (Wildman–Crippen MR) is 91.5 cm³/mol. The summed E-state index contributed by atoms with van der Waals surface area (Å²) in [4.78, 5) is 12.4. The summed E-state index contributed by atoms with van der Waals surface area (Å²) >= 11 is 0. The SMILES string of the molecule is O=C(NC(CO)c1ccccc1)NC1CCCCC1n1cccn1. The van der Waals surface area contributed by atoms with Crippen LogP contribution in [-0.2, 0) is 0 Å². The van der Waals surface area contributed by atoms with Crippen LogP contribution < -0.4 is 10.6 Å². The highest BCUT2D eigenvalue weighted by Gasteiger charge is 2.28. The molecule has 128 valence electrons. The van der Waals surface area contributed by atoms with Gasteiger partial charge in [0, 0.05) is 12.4 Å². The van der Waals surface area contributed by atoms with Crippen molar-refractivity contribution in [3.8, 4) is 0 Å². The Morgan fingerprint density at radius 1 is 1.25 bits per heavy atom. The third-order valence-electron chi connectivity index (χ3n) is 4.60. The van der Waals surface area contributed by atoms with E-state index in [1.54, 1.807) is 6.20 Å². The van der Waals surface area contributed by atoms with Gasteiger partial charge in [-0.2, -0.15) is 5.10 Å². The van der Waals surface area contributed by atoms with Crippen molar-refractivity contribution in [3.63, 3.8) is 0 Å². The molecule has 0 spiro atoms. The fourth-order valence-corrected chi connectivity index (χ4v) is 3.36. The average molecular weight is 328 g/mol. The fraction of sp³-hybridized carbons (Fsp3) is 0.444. The van der Waals surface area contributed by atoms with Crippen molar-refractivity contribution >= 4 is 6.03 Å². The molecule has 3 rings (SSSR count). The number of hydrogen-bond donors (Lipinski definition) is 3. The van der Waals surface area contributed by atoms with E-state index in [0.29, 0.717) is 0 Å². The maximum Gasteiger partial charge on any atom is 0.315 e. The summed E-state index contributed by atoms with van der Waals surface area (Å²) in [6.07, 6.45) is 7.91. The van der Waals surface area contributed by atoms with Gasteiger partial charge in [-0.3, -0.25) is 4.68 Å². The Hall–Kier alpha value is -2.34. The second kappa shape index (κ2) is 7.97. The largest absolute Gasteiger partial charge is 0.394 e. The number of amides is 2. The minimum atomic E-state index is -0.405. The molecule has 1 saturated carbocycles. The van der Waals surface area contributed by atoms with Crippen LogP contribution in [0.1, 0.15) is 43.3 Å². The van der Waals surface area contributed by atoms with Crippen LogP contribution >= 0.6 is 0 Å². The highest BCUT2D eigenvalue weighted by molar-refractivity contribution is 5.74. The van der Waals surface area contributed by atoms with E-state index in [-0.39, 0.29) is 24.7 Å². The van der Waals surface area contributed by atoms with E-state index in [0.717, 1.165) is 31.2 Å². The Bertz CT molecular complexity index is 630. The van der Waals surface area contributed by atoms with Crippen molar-refractivity contribution < 1.29 is 9.90 Å². The van der Waals surface area contributed by atoms with Gasteiger partial charge in [0.15, 0.2) is 0 Å². The second-order valence-electron chi connectivity index (χ2n) is 6.21. The molecular weight excluding hydrogens is 304 g/mol. The molecule has 3 atom stereocenters. The molecule has 6 nitrogen and oxygen atoms in total. The number of nitrogens with zero attached hydrogens (tertiary/aromatic N) is 2. The van der Waals surface area contributed by atoms with E-state index in [2.05, 4.69) is 15.7 Å². The average Bonchev–Trinajstić information content (AvgIpc) is 3.15. The third-order valence-corrected chi connectivity index (χ3v) is 4.60. The van der Waals surface area contributed by atoms with Gasteiger partial charge in [0.25, 0.3) is 0 Å². The molecule has 3 N–H and O–H groups in total. The number of nitrogens with one attached hydrogen (secondary N) is 2. The van der Waals surface area contributed by atoms with Gasteiger partial charge in [-0.05, 0) is 24.5 Å². The first kappa shape index (κ1) is 16.5. The van der Waals surface area contributed by atoms with Gasteiger partial charge in [0.1, 0.15) is 0 Å². The molecule has 6 heteroatoms. The normalized spacial score (nSPS) is 21.9. The second-order valence-corrected chi connectivity index (χ2v) is 6.21. The van der Waals surface area contributed by atoms with Crippen molar-refractivity contribution in [1.82, 2.24) is 20.4 Å². The summed E-state index contributed by atoms with van der Waals surface area (Å²) in [7, 11) is 0. The lowest BCUT2D eigenvalue weighted by molar-refractivity contribution is 0.199. The molecular formula is C18H24N4O2. The molecule has 0 saturated heterocycles. The van der Waals surface area contributed by atoms with Gasteiger partial charge in [0.05, 0.1) is 24.7 Å². The molecule has 3 unspecified atom stereocenters. The zero-order valence-corrected chi connectivity index (χ0v) is 13.6. The first-order chi connectivity index (χ1) is 11.8. The minimum absolute atomic E-state index is 0.0498. The van der Waals surface area contributed by atoms with Crippen molar-refractivity contribution in [1.29, 1.82) is 0 Å². The number of aromatic nitrogens is 2. The van der Waals surface area contributed by atoms with Gasteiger partial charge in [-0.15, -0.1) is 0 Å². The zero-order chi connectivity index (χ0) is 16.8. The van der Waals surface area contributed by atoms with E-state index in [4.69, 9.17) is 0 Å². The van der Waals surface area contributed by atoms with Crippen LogP contribution in [0.15, 0.2) is 48.8 Å². The summed E-state index contributed by atoms with van der Waals surface area (Å²) < 4.78 is 1.94. The molecule has 1 aliphatic carbocycles. The number of rotatable bonds is 5. The smallest absolute Gasteiger partial charge is 0.315 e. The minimum Gasteiger partial charge on any atom is -0.394 e. The van der Waals surface area contributed by atoms with Gasteiger partial charge >= 0.3 is 6.03 Å². The Kier molecular flexibility index (Phi) is 5.48. The van der Waals surface area contributed by atoms with Crippen LogP contribution in [0, 0.1) is 0 Å². The van der Waals surface area contributed by atoms with Gasteiger partial charge in [-0.1, -0.05) is 43.2 Å². The first-order valence-electron chi connectivity index (χ1n) is 8.50. The van der Waals surface area contributed by atoms with Crippen LogP contribution in [0.3, 0.4) is 0 Å². The van der Waals surface area contributed by atoms with Crippen LogP contribution in [0.4, 0.5) is 4.79 Å². The lowest BCUT2D eigenvalue weighted by Gasteiger charge is -2.32. The summed E-state index contributed by atoms with van der Waals surface area (Å²) in [6.45, 7) is -0.134. The molecule has 2 aromatic rings. The van der Waals surface area contributed by atoms with Crippen LogP contribution in [0.5, 0.6) is 0 Å². The standard InChI is InChI=1S/C18H24N4O2/c23-13-16(14-7-2-1-3-8-14)21-18(24)20-15-9-4-5-10-17(15)22-12-6-11-19-22/h1-3,6-8,11-12,15-17,23H,4-5,9-10,13H2,(H2,20,21,24). The monoisotopic (exact) mass is 328 g/mol. The van der Waals surface area contributed by atoms with Crippen molar-refractivity contribution in [2.45, 2.75) is 43.8 Å². The van der Waals surface area contributed by atoms with E-state index in [1.165, 1.54) is 0 Å². The number of carbonyl (C=O) groups is 1. The summed E-state index contributed by atoms with van der Waals surface area (Å²) in [5, 5.41) is 19.8. The highest BCUT2D eigenvalue weighted by atomic mass is 16.3. The molecule has 24 heavy (non-hydrogen) atoms. The Morgan fingerprint density at radius 3 is 2.75 bits per heavy atom. The van der Waals surface area contributed by atoms with Crippen LogP contribution in [0.2, 0.25) is 0 Å². The first-order valence-corrected chi connectivity index (χ1v) is 8.50. The number of urea groups is 1. The molecule has 0 radical (unpaired) electrons. The molecule has 1 aromatic heterocycles. The highest BCUT2D eigenvalue weighted by Crippen LogP contribution is 2.28. The lowest BCUT2D eigenvalue weighted by atomic mass is 9.90. The predicted octanol–water partition coefficient (Wildman–Crippen LogP) is 2.40. The van der Waals surface area contributed by atoms with E-state index in [1.807, 2.05) is 47.3 Å². The Balaban J connectivity index is 1.62. The summed E-state index contributed by atoms with van der Waals surface area (Å²) in [5.41, 5.74) is 0.891. The third kappa shape index (κ3) is 3.94. The molecule has 1 aliphatic rings. The fourth-order valence-electron chi connectivity index (χ4n) is 3.36. The van der Waals surface area contributed by atoms with Gasteiger partial charge < -0.3 is 15.7 Å². The molecule has 2 amide bonds. The number of aliphatic hydroxyl groups is 1. The lowest BCUT2D eigenvalue weighted by Crippen LogP contribution is -2.48. The van der Waals surface area contributed by atoms with Crippen molar-refractivity contribution in [2.75, 3.05) is 6.61 Å². The van der Waals surface area contributed by atoms with Gasteiger partial charge in [0.2, 0.25) is 0 Å². The maximum absolute atomic E-state index is 12.4. The molecule has 1 fully saturated rings. The molecule has 0 bridgehead atoms. The van der Waals surface area contributed by atoms with Crippen LogP contribution in [-0.4, -0.2) is 33.6 Å². The van der Waals surface area contributed by atoms with Crippen LogP contribution in [0.25, 0.3) is 0 Å². The molecule has 0 aliphatic heterocycles. The van der Waals surface area contributed by atoms with Crippen molar-refractivity contribution in [2.24, 2.45) is 0 Å². The Labute approximate surface area is 141 Å². The molecule has 1 aromatic carbocycles. The number of carbonyl (C=O) groups excluding carboxylic acids is 1. The number of benzene rings is 1. The van der Waals surface area contributed by atoms with E-state index >= 15 is 0 Å². The quantitative estimate of drug-likeness (QED) is 0.788. The Morgan fingerprint density at radius 2 is 2.04 bits per heavy atom. The van der Waals surface area contributed by atoms with E-state index < -0.39 is 6.04 Å². The van der Waals surface area contributed by atoms with Crippen molar-refractivity contribution in [3.05, 3.63) is 54.4 Å².